The van der Waals surface area contributed by atoms with E-state index in [0.717, 1.165) is 0 Å². The summed E-state index contributed by atoms with van der Waals surface area (Å²) in [5.74, 6) is -0.0384. The summed E-state index contributed by atoms with van der Waals surface area (Å²) in [6, 6.07) is 10.4. The lowest BCUT2D eigenvalue weighted by Crippen LogP contribution is -2.10. The van der Waals surface area contributed by atoms with Gasteiger partial charge in [-0.2, -0.15) is 0 Å². The molecule has 1 amide bonds. The molecule has 0 atom stereocenters. The van der Waals surface area contributed by atoms with Crippen LogP contribution in [0.25, 0.3) is 0 Å². The average molecular weight is 310 g/mol. The van der Waals surface area contributed by atoms with Gasteiger partial charge in [-0.15, -0.1) is 0 Å². The Kier molecular flexibility index (Phi) is 3.62. The second-order valence-corrected chi connectivity index (χ2v) is 4.42. The van der Waals surface area contributed by atoms with Crippen molar-refractivity contribution in [1.82, 2.24) is 0 Å². The summed E-state index contributed by atoms with van der Waals surface area (Å²) in [6.07, 6.45) is 0. The lowest BCUT2D eigenvalue weighted by atomic mass is 10.2. The van der Waals surface area contributed by atoms with Gasteiger partial charge < -0.3 is 10.5 Å². The van der Waals surface area contributed by atoms with Crippen LogP contribution in [0.4, 0.5) is 4.39 Å². The minimum Gasteiger partial charge on any atom is -0.456 e. The molecule has 0 saturated heterocycles. The summed E-state index contributed by atoms with van der Waals surface area (Å²) in [5.41, 5.74) is 5.51. The predicted octanol–water partition coefficient (Wildman–Crippen LogP) is 3.48. The quantitative estimate of drug-likeness (QED) is 0.943. The first kappa shape index (κ1) is 12.6. The molecule has 0 aliphatic carbocycles. The van der Waals surface area contributed by atoms with Gasteiger partial charge in [0.2, 0.25) is 5.91 Å². The summed E-state index contributed by atoms with van der Waals surface area (Å²) in [4.78, 5) is 10.9. The monoisotopic (exact) mass is 309 g/mol. The van der Waals surface area contributed by atoms with Crippen LogP contribution in [0.2, 0.25) is 0 Å². The Morgan fingerprint density at radius 1 is 1.17 bits per heavy atom. The van der Waals surface area contributed by atoms with E-state index in [2.05, 4.69) is 15.9 Å². The molecule has 0 heterocycles. The van der Waals surface area contributed by atoms with Crippen LogP contribution in [0.1, 0.15) is 10.4 Å². The van der Waals surface area contributed by atoms with Crippen molar-refractivity contribution in [3.8, 4) is 11.5 Å². The van der Waals surface area contributed by atoms with E-state index in [1.807, 2.05) is 0 Å². The van der Waals surface area contributed by atoms with Gasteiger partial charge in [-0.1, -0.05) is 0 Å². The molecule has 0 bridgehead atoms. The van der Waals surface area contributed by atoms with E-state index in [1.54, 1.807) is 30.3 Å². The molecule has 2 aromatic carbocycles. The number of amides is 1. The fraction of sp³-hybridized carbons (Fsp3) is 0. The lowest BCUT2D eigenvalue weighted by molar-refractivity contribution is 0.100. The molecule has 0 aromatic heterocycles. The minimum absolute atomic E-state index is 0.363. The second kappa shape index (κ2) is 5.18. The maximum Gasteiger partial charge on any atom is 0.248 e. The number of carbonyl (C=O) groups excluding carboxylic acids is 1. The van der Waals surface area contributed by atoms with Crippen LogP contribution in [0.15, 0.2) is 46.9 Å². The highest BCUT2D eigenvalue weighted by Gasteiger charge is 2.05. The van der Waals surface area contributed by atoms with Crippen LogP contribution >= 0.6 is 15.9 Å². The van der Waals surface area contributed by atoms with E-state index in [9.17, 15) is 9.18 Å². The lowest BCUT2D eigenvalue weighted by Gasteiger charge is -2.08. The van der Waals surface area contributed by atoms with Crippen LogP contribution in [-0.2, 0) is 0 Å². The third-order valence-corrected chi connectivity index (χ3v) is 2.92. The van der Waals surface area contributed by atoms with E-state index < -0.39 is 5.91 Å². The van der Waals surface area contributed by atoms with Crippen LogP contribution in [0, 0.1) is 5.82 Å². The first-order chi connectivity index (χ1) is 8.56. The van der Waals surface area contributed by atoms with E-state index in [-0.39, 0.29) is 5.82 Å². The van der Waals surface area contributed by atoms with E-state index >= 15 is 0 Å². The van der Waals surface area contributed by atoms with Crippen LogP contribution in [0.3, 0.4) is 0 Å². The number of hydrogen-bond acceptors (Lipinski definition) is 2. The van der Waals surface area contributed by atoms with Crippen molar-refractivity contribution in [2.45, 2.75) is 0 Å². The van der Waals surface area contributed by atoms with Crippen molar-refractivity contribution in [2.75, 3.05) is 0 Å². The van der Waals surface area contributed by atoms with Crippen molar-refractivity contribution in [3.05, 3.63) is 58.3 Å². The van der Waals surface area contributed by atoms with Crippen molar-refractivity contribution in [1.29, 1.82) is 0 Å². The summed E-state index contributed by atoms with van der Waals surface area (Å²) >= 11 is 3.26. The number of carbonyl (C=O) groups is 1. The third kappa shape index (κ3) is 2.87. The van der Waals surface area contributed by atoms with Gasteiger partial charge in [-0.25, -0.2) is 4.39 Å². The smallest absolute Gasteiger partial charge is 0.248 e. The number of hydrogen-bond donors (Lipinski definition) is 1. The van der Waals surface area contributed by atoms with Crippen LogP contribution in [-0.4, -0.2) is 5.91 Å². The molecule has 0 aliphatic heterocycles. The molecular formula is C13H9BrFNO2. The van der Waals surface area contributed by atoms with Crippen molar-refractivity contribution in [3.63, 3.8) is 0 Å². The topological polar surface area (TPSA) is 52.3 Å². The highest BCUT2D eigenvalue weighted by Crippen LogP contribution is 2.30. The minimum atomic E-state index is -0.506. The zero-order valence-corrected chi connectivity index (χ0v) is 10.8. The Morgan fingerprint density at radius 2 is 1.83 bits per heavy atom. The average Bonchev–Trinajstić information content (AvgIpc) is 2.34. The SMILES string of the molecule is NC(=O)c1ccc(Oc2cc(F)ccc2Br)cc1. The maximum absolute atomic E-state index is 13.1. The van der Waals surface area contributed by atoms with Gasteiger partial charge in [0.1, 0.15) is 17.3 Å². The number of ether oxygens (including phenoxy) is 1. The van der Waals surface area contributed by atoms with E-state index in [4.69, 9.17) is 10.5 Å². The standard InChI is InChI=1S/C13H9BrFNO2/c14-11-6-3-9(15)7-12(11)18-10-4-1-8(2-5-10)13(16)17/h1-7H,(H2,16,17). The highest BCUT2D eigenvalue weighted by atomic mass is 79.9. The number of nitrogens with two attached hydrogens (primary N) is 1. The van der Waals surface area contributed by atoms with Crippen molar-refractivity contribution < 1.29 is 13.9 Å². The molecule has 2 N–H and O–H groups in total. The van der Waals surface area contributed by atoms with Crippen LogP contribution in [0.5, 0.6) is 11.5 Å². The molecule has 18 heavy (non-hydrogen) atoms. The third-order valence-electron chi connectivity index (χ3n) is 2.26. The zero-order valence-electron chi connectivity index (χ0n) is 9.19. The van der Waals surface area contributed by atoms with Crippen molar-refractivity contribution >= 4 is 21.8 Å². The number of halogens is 2. The van der Waals surface area contributed by atoms with Gasteiger partial charge >= 0.3 is 0 Å². The van der Waals surface area contributed by atoms with Gasteiger partial charge in [0, 0.05) is 11.6 Å². The summed E-state index contributed by atoms with van der Waals surface area (Å²) in [7, 11) is 0. The van der Waals surface area contributed by atoms with Gasteiger partial charge in [0.15, 0.2) is 0 Å². The fourth-order valence-corrected chi connectivity index (χ4v) is 1.70. The Bertz CT molecular complexity index is 584. The predicted molar refractivity (Wildman–Crippen MR) is 69.1 cm³/mol. The first-order valence-electron chi connectivity index (χ1n) is 5.09. The zero-order chi connectivity index (χ0) is 13.1. The van der Waals surface area contributed by atoms with Crippen LogP contribution < -0.4 is 10.5 Å². The van der Waals surface area contributed by atoms with Gasteiger partial charge in [0.25, 0.3) is 0 Å². The molecule has 0 spiro atoms. The van der Waals surface area contributed by atoms with Gasteiger partial charge in [0.05, 0.1) is 4.47 Å². The summed E-state index contributed by atoms with van der Waals surface area (Å²) < 4.78 is 19.2. The molecule has 2 aromatic rings. The van der Waals surface area contributed by atoms with Gasteiger partial charge in [-0.05, 0) is 52.3 Å². The first-order valence-corrected chi connectivity index (χ1v) is 5.88. The summed E-state index contributed by atoms with van der Waals surface area (Å²) in [6.45, 7) is 0. The van der Waals surface area contributed by atoms with Gasteiger partial charge in [-0.3, -0.25) is 4.79 Å². The molecule has 0 unspecified atom stereocenters. The fourth-order valence-electron chi connectivity index (χ4n) is 1.37. The molecule has 5 heteroatoms. The van der Waals surface area contributed by atoms with Crippen molar-refractivity contribution in [2.24, 2.45) is 5.73 Å². The molecule has 3 nitrogen and oxygen atoms in total. The second-order valence-electron chi connectivity index (χ2n) is 3.57. The Labute approximate surface area is 112 Å². The molecule has 0 saturated carbocycles. The number of rotatable bonds is 3. The normalized spacial score (nSPS) is 10.1. The largest absolute Gasteiger partial charge is 0.456 e. The molecule has 92 valence electrons. The molecular weight excluding hydrogens is 301 g/mol. The Morgan fingerprint density at radius 3 is 2.44 bits per heavy atom. The molecule has 2 rings (SSSR count). The van der Waals surface area contributed by atoms with E-state index in [1.165, 1.54) is 12.1 Å². The molecule has 0 radical (unpaired) electrons. The highest BCUT2D eigenvalue weighted by molar-refractivity contribution is 9.10. The molecule has 0 aliphatic rings. The Hall–Kier alpha value is -1.88. The number of benzene rings is 2. The Balaban J connectivity index is 2.23. The molecule has 0 fully saturated rings. The summed E-state index contributed by atoms with van der Waals surface area (Å²) in [5, 5.41) is 0. The number of primary amides is 1. The van der Waals surface area contributed by atoms with E-state index in [0.29, 0.717) is 21.5 Å². The maximum atomic E-state index is 13.1.